The largest absolute Gasteiger partial charge is 0.397 e. The predicted octanol–water partition coefficient (Wildman–Crippen LogP) is 3.59. The number of anilines is 3. The Morgan fingerprint density at radius 1 is 0.885 bits per heavy atom. The molecule has 3 aromatic rings. The summed E-state index contributed by atoms with van der Waals surface area (Å²) >= 11 is 0. The number of nitrogens with two attached hydrogens (primary N) is 2. The molecular weight excluding hydrogens is 324 g/mol. The van der Waals surface area contributed by atoms with E-state index < -0.39 is 0 Å². The van der Waals surface area contributed by atoms with Gasteiger partial charge in [-0.2, -0.15) is 0 Å². The van der Waals surface area contributed by atoms with E-state index in [9.17, 15) is 4.79 Å². The van der Waals surface area contributed by atoms with Gasteiger partial charge in [0, 0.05) is 24.3 Å². The van der Waals surface area contributed by atoms with Crippen LogP contribution in [-0.4, -0.2) is 5.91 Å². The highest BCUT2D eigenvalue weighted by Gasteiger charge is 2.10. The van der Waals surface area contributed by atoms with E-state index in [1.165, 1.54) is 5.56 Å². The van der Waals surface area contributed by atoms with Gasteiger partial charge >= 0.3 is 0 Å². The molecule has 5 heteroatoms. The summed E-state index contributed by atoms with van der Waals surface area (Å²) in [4.78, 5) is 12.5. The van der Waals surface area contributed by atoms with Crippen LogP contribution in [0.25, 0.3) is 0 Å². The molecule has 0 saturated heterocycles. The lowest BCUT2D eigenvalue weighted by atomic mass is 10.1. The first-order valence-corrected chi connectivity index (χ1v) is 8.44. The fourth-order valence-electron chi connectivity index (χ4n) is 2.67. The van der Waals surface area contributed by atoms with Gasteiger partial charge in [0.05, 0.1) is 11.4 Å². The van der Waals surface area contributed by atoms with E-state index in [-0.39, 0.29) is 5.91 Å². The molecule has 132 valence electrons. The highest BCUT2D eigenvalue weighted by Crippen LogP contribution is 2.21. The molecule has 3 rings (SSSR count). The fourth-order valence-corrected chi connectivity index (χ4v) is 2.67. The van der Waals surface area contributed by atoms with Crippen LogP contribution in [0.3, 0.4) is 0 Å². The molecule has 0 aromatic heterocycles. The van der Waals surface area contributed by atoms with Gasteiger partial charge in [0.2, 0.25) is 0 Å². The third-order valence-electron chi connectivity index (χ3n) is 4.12. The molecule has 0 spiro atoms. The summed E-state index contributed by atoms with van der Waals surface area (Å²) in [6.45, 7) is 1.03. The summed E-state index contributed by atoms with van der Waals surface area (Å²) in [6.07, 6.45) is 0. The van der Waals surface area contributed by atoms with Crippen molar-refractivity contribution in [2.24, 2.45) is 5.73 Å². The van der Waals surface area contributed by atoms with Crippen LogP contribution in [0.2, 0.25) is 0 Å². The molecule has 0 aliphatic carbocycles. The third-order valence-corrected chi connectivity index (χ3v) is 4.12. The van der Waals surface area contributed by atoms with Crippen molar-refractivity contribution >= 4 is 23.0 Å². The molecule has 0 saturated carbocycles. The van der Waals surface area contributed by atoms with Crippen molar-refractivity contribution < 1.29 is 4.79 Å². The van der Waals surface area contributed by atoms with E-state index in [4.69, 9.17) is 11.5 Å². The minimum absolute atomic E-state index is 0.216. The minimum Gasteiger partial charge on any atom is -0.397 e. The molecule has 26 heavy (non-hydrogen) atoms. The average Bonchev–Trinajstić information content (AvgIpc) is 2.68. The maximum atomic E-state index is 12.5. The number of hydrogen-bond donors (Lipinski definition) is 4. The Kier molecular flexibility index (Phi) is 5.51. The highest BCUT2D eigenvalue weighted by atomic mass is 16.1. The van der Waals surface area contributed by atoms with Gasteiger partial charge in [-0.1, -0.05) is 42.5 Å². The maximum Gasteiger partial charge on any atom is 0.255 e. The average molecular weight is 346 g/mol. The zero-order valence-electron chi connectivity index (χ0n) is 14.4. The maximum absolute atomic E-state index is 12.5. The Morgan fingerprint density at radius 3 is 2.35 bits per heavy atom. The first-order chi connectivity index (χ1) is 12.7. The van der Waals surface area contributed by atoms with Gasteiger partial charge in [-0.15, -0.1) is 0 Å². The number of amides is 1. The van der Waals surface area contributed by atoms with E-state index >= 15 is 0 Å². The summed E-state index contributed by atoms with van der Waals surface area (Å²) < 4.78 is 0. The fraction of sp³-hybridized carbons (Fsp3) is 0.0952. The van der Waals surface area contributed by atoms with Crippen molar-refractivity contribution in [3.63, 3.8) is 0 Å². The molecular formula is C21H22N4O. The van der Waals surface area contributed by atoms with Crippen molar-refractivity contribution in [1.82, 2.24) is 0 Å². The minimum atomic E-state index is -0.216. The Hall–Kier alpha value is -3.31. The molecule has 6 N–H and O–H groups in total. The van der Waals surface area contributed by atoms with Gasteiger partial charge in [-0.05, 0) is 41.5 Å². The molecule has 0 fully saturated rings. The molecule has 1 amide bonds. The molecule has 0 bridgehead atoms. The summed E-state index contributed by atoms with van der Waals surface area (Å²) in [5, 5.41) is 6.20. The van der Waals surface area contributed by atoms with Crippen LogP contribution >= 0.6 is 0 Å². The topological polar surface area (TPSA) is 93.2 Å². The quantitative estimate of drug-likeness (QED) is 0.513. The molecule has 0 aliphatic heterocycles. The lowest BCUT2D eigenvalue weighted by Crippen LogP contribution is -2.14. The number of para-hydroxylation sites is 2. The second kappa shape index (κ2) is 8.18. The van der Waals surface area contributed by atoms with E-state index in [0.717, 1.165) is 11.3 Å². The highest BCUT2D eigenvalue weighted by molar-refractivity contribution is 6.06. The second-order valence-electron chi connectivity index (χ2n) is 5.96. The number of hydrogen-bond acceptors (Lipinski definition) is 4. The van der Waals surface area contributed by atoms with Gasteiger partial charge in [0.15, 0.2) is 0 Å². The van der Waals surface area contributed by atoms with Crippen LogP contribution in [0.15, 0.2) is 72.8 Å². The summed E-state index contributed by atoms with van der Waals surface area (Å²) in [5.41, 5.74) is 16.4. The monoisotopic (exact) mass is 346 g/mol. The molecule has 0 heterocycles. The Balaban J connectivity index is 1.73. The molecule has 3 aromatic carbocycles. The molecule has 0 atom stereocenters. The van der Waals surface area contributed by atoms with Crippen molar-refractivity contribution in [3.8, 4) is 0 Å². The predicted molar refractivity (Wildman–Crippen MR) is 107 cm³/mol. The lowest BCUT2D eigenvalue weighted by molar-refractivity contribution is 0.102. The Morgan fingerprint density at radius 2 is 1.62 bits per heavy atom. The smallest absolute Gasteiger partial charge is 0.255 e. The van der Waals surface area contributed by atoms with E-state index in [1.807, 2.05) is 42.5 Å². The van der Waals surface area contributed by atoms with Crippen molar-refractivity contribution in [1.29, 1.82) is 0 Å². The first-order valence-electron chi connectivity index (χ1n) is 8.44. The standard InChI is InChI=1S/C21H22N4O/c22-13-17-12-16(21(26)25-20-9-5-4-8-18(20)23)10-11-19(17)24-14-15-6-2-1-3-7-15/h1-12,24H,13-14,22-23H2,(H,25,26). The number of nitrogen functional groups attached to an aromatic ring is 1. The number of benzene rings is 3. The number of carbonyl (C=O) groups excluding carboxylic acids is 1. The normalized spacial score (nSPS) is 10.3. The van der Waals surface area contributed by atoms with Crippen LogP contribution in [0.1, 0.15) is 21.5 Å². The molecule has 0 radical (unpaired) electrons. The van der Waals surface area contributed by atoms with E-state index in [0.29, 0.717) is 30.0 Å². The molecule has 0 aliphatic rings. The van der Waals surface area contributed by atoms with E-state index in [1.54, 1.807) is 18.2 Å². The Bertz CT molecular complexity index is 894. The van der Waals surface area contributed by atoms with Gasteiger partial charge < -0.3 is 22.1 Å². The summed E-state index contributed by atoms with van der Waals surface area (Å²) in [7, 11) is 0. The number of rotatable bonds is 6. The van der Waals surface area contributed by atoms with Crippen molar-refractivity contribution in [3.05, 3.63) is 89.5 Å². The zero-order valence-corrected chi connectivity index (χ0v) is 14.4. The van der Waals surface area contributed by atoms with E-state index in [2.05, 4.69) is 22.8 Å². The van der Waals surface area contributed by atoms with Crippen LogP contribution in [-0.2, 0) is 13.1 Å². The van der Waals surface area contributed by atoms with Gasteiger partial charge in [-0.25, -0.2) is 0 Å². The van der Waals surface area contributed by atoms with Crippen LogP contribution in [0.4, 0.5) is 17.1 Å². The SMILES string of the molecule is NCc1cc(C(=O)Nc2ccccc2N)ccc1NCc1ccccc1. The summed E-state index contributed by atoms with van der Waals surface area (Å²) in [5.74, 6) is -0.216. The molecule has 5 nitrogen and oxygen atoms in total. The summed E-state index contributed by atoms with van der Waals surface area (Å²) in [6, 6.07) is 22.7. The zero-order chi connectivity index (χ0) is 18.4. The van der Waals surface area contributed by atoms with Crippen molar-refractivity contribution in [2.75, 3.05) is 16.4 Å². The third kappa shape index (κ3) is 4.20. The molecule has 0 unspecified atom stereocenters. The van der Waals surface area contributed by atoms with Gasteiger partial charge in [-0.3, -0.25) is 4.79 Å². The number of carbonyl (C=O) groups is 1. The lowest BCUT2D eigenvalue weighted by Gasteiger charge is -2.13. The second-order valence-corrected chi connectivity index (χ2v) is 5.96. The van der Waals surface area contributed by atoms with Gasteiger partial charge in [0.1, 0.15) is 0 Å². The van der Waals surface area contributed by atoms with Crippen molar-refractivity contribution in [2.45, 2.75) is 13.1 Å². The van der Waals surface area contributed by atoms with Gasteiger partial charge in [0.25, 0.3) is 5.91 Å². The first kappa shape index (κ1) is 17.5. The van der Waals surface area contributed by atoms with Crippen LogP contribution < -0.4 is 22.1 Å². The van der Waals surface area contributed by atoms with Crippen LogP contribution in [0, 0.1) is 0 Å². The number of nitrogens with one attached hydrogen (secondary N) is 2. The van der Waals surface area contributed by atoms with Crippen LogP contribution in [0.5, 0.6) is 0 Å². The Labute approximate surface area is 153 Å².